The maximum Gasteiger partial charge on any atom is 0.345 e. The molecule has 2 fully saturated rings. The van der Waals surface area contributed by atoms with Gasteiger partial charge in [-0.15, -0.1) is 0 Å². The summed E-state index contributed by atoms with van der Waals surface area (Å²) in [5.41, 5.74) is 0.576. The number of hydrogen-bond donors (Lipinski definition) is 0. The molecule has 1 aromatic carbocycles. The monoisotopic (exact) mass is 414 g/mol. The van der Waals surface area contributed by atoms with Gasteiger partial charge in [0.2, 0.25) is 0 Å². The van der Waals surface area contributed by atoms with E-state index in [9.17, 15) is 9.59 Å². The summed E-state index contributed by atoms with van der Waals surface area (Å²) in [4.78, 5) is 27.5. The van der Waals surface area contributed by atoms with E-state index in [1.807, 2.05) is 9.47 Å². The number of piperidine rings is 1. The average molecular weight is 415 g/mol. The first-order chi connectivity index (χ1) is 14.5. The summed E-state index contributed by atoms with van der Waals surface area (Å²) in [6.07, 6.45) is 6.06. The molecule has 1 saturated heterocycles. The van der Waals surface area contributed by atoms with Crippen LogP contribution in [0.1, 0.15) is 66.7 Å². The average Bonchev–Trinajstić information content (AvgIpc) is 3.41. The van der Waals surface area contributed by atoms with Crippen molar-refractivity contribution in [1.82, 2.24) is 19.2 Å². The lowest BCUT2D eigenvalue weighted by Gasteiger charge is -2.32. The SMILES string of the molecule is COc1ccc(C(=O)N2CCC(c3nn(C)c(=O)n3C3CCCC3)CC2)cc1OC. The number of nitrogens with zero attached hydrogens (tertiary/aromatic N) is 4. The van der Waals surface area contributed by atoms with E-state index in [0.29, 0.717) is 30.2 Å². The van der Waals surface area contributed by atoms with Gasteiger partial charge in [0.1, 0.15) is 5.82 Å². The predicted octanol–water partition coefficient (Wildman–Crippen LogP) is 2.73. The lowest BCUT2D eigenvalue weighted by molar-refractivity contribution is 0.0709. The number of aromatic nitrogens is 3. The molecule has 1 aromatic heterocycles. The highest BCUT2D eigenvalue weighted by atomic mass is 16.5. The van der Waals surface area contributed by atoms with Crippen molar-refractivity contribution in [3.8, 4) is 11.5 Å². The van der Waals surface area contributed by atoms with Crippen LogP contribution in [-0.2, 0) is 7.05 Å². The van der Waals surface area contributed by atoms with Crippen molar-refractivity contribution < 1.29 is 14.3 Å². The minimum atomic E-state index is -0.0132. The van der Waals surface area contributed by atoms with Crippen LogP contribution in [0.4, 0.5) is 0 Å². The molecule has 0 N–H and O–H groups in total. The second-order valence-corrected chi connectivity index (χ2v) is 8.21. The van der Waals surface area contributed by atoms with Crippen LogP contribution < -0.4 is 15.2 Å². The number of carbonyl (C=O) groups excluding carboxylic acids is 1. The molecule has 1 aliphatic carbocycles. The molecule has 2 aliphatic rings. The first kappa shape index (κ1) is 20.5. The Balaban J connectivity index is 1.48. The van der Waals surface area contributed by atoms with E-state index < -0.39 is 0 Å². The molecule has 4 rings (SSSR count). The fourth-order valence-corrected chi connectivity index (χ4v) is 4.78. The van der Waals surface area contributed by atoms with Gasteiger partial charge in [-0.25, -0.2) is 9.48 Å². The highest BCUT2D eigenvalue weighted by Crippen LogP contribution is 2.34. The third kappa shape index (κ3) is 3.70. The van der Waals surface area contributed by atoms with Crippen LogP contribution in [-0.4, -0.2) is 52.5 Å². The van der Waals surface area contributed by atoms with E-state index >= 15 is 0 Å². The standard InChI is InChI=1S/C22H30N4O4/c1-24-22(28)26(17-6-4-5-7-17)20(23-24)15-10-12-25(13-11-15)21(27)16-8-9-18(29-2)19(14-16)30-3/h8-9,14-15,17H,4-7,10-13H2,1-3H3. The van der Waals surface area contributed by atoms with Crippen molar-refractivity contribution in [1.29, 1.82) is 0 Å². The van der Waals surface area contributed by atoms with Crippen molar-refractivity contribution >= 4 is 5.91 Å². The fourth-order valence-electron chi connectivity index (χ4n) is 4.78. The summed E-state index contributed by atoms with van der Waals surface area (Å²) in [6, 6.07) is 5.52. The molecular formula is C22H30N4O4. The van der Waals surface area contributed by atoms with E-state index in [-0.39, 0.29) is 23.6 Å². The molecule has 30 heavy (non-hydrogen) atoms. The molecule has 2 heterocycles. The summed E-state index contributed by atoms with van der Waals surface area (Å²) < 4.78 is 14.0. The summed E-state index contributed by atoms with van der Waals surface area (Å²) in [5, 5.41) is 4.58. The van der Waals surface area contributed by atoms with Crippen LogP contribution in [0.5, 0.6) is 11.5 Å². The summed E-state index contributed by atoms with van der Waals surface area (Å²) in [7, 11) is 4.87. The van der Waals surface area contributed by atoms with Gasteiger partial charge in [0.15, 0.2) is 11.5 Å². The minimum Gasteiger partial charge on any atom is -0.493 e. The molecule has 162 valence electrons. The largest absolute Gasteiger partial charge is 0.493 e. The number of hydrogen-bond acceptors (Lipinski definition) is 5. The Hall–Kier alpha value is -2.77. The Morgan fingerprint density at radius 1 is 1.03 bits per heavy atom. The molecule has 8 nitrogen and oxygen atoms in total. The maximum atomic E-state index is 13.0. The molecule has 0 atom stereocenters. The number of aryl methyl sites for hydroxylation is 1. The van der Waals surface area contributed by atoms with Gasteiger partial charge in [-0.05, 0) is 43.9 Å². The lowest BCUT2D eigenvalue weighted by Crippen LogP contribution is -2.38. The van der Waals surface area contributed by atoms with Gasteiger partial charge in [-0.1, -0.05) is 12.8 Å². The van der Waals surface area contributed by atoms with Crippen LogP contribution in [0.3, 0.4) is 0 Å². The highest BCUT2D eigenvalue weighted by Gasteiger charge is 2.31. The van der Waals surface area contributed by atoms with Gasteiger partial charge < -0.3 is 14.4 Å². The summed E-state index contributed by atoms with van der Waals surface area (Å²) >= 11 is 0. The van der Waals surface area contributed by atoms with Crippen LogP contribution in [0.2, 0.25) is 0 Å². The zero-order valence-electron chi connectivity index (χ0n) is 18.0. The first-order valence-electron chi connectivity index (χ1n) is 10.7. The molecule has 1 saturated carbocycles. The van der Waals surface area contributed by atoms with E-state index in [4.69, 9.17) is 9.47 Å². The predicted molar refractivity (Wildman–Crippen MR) is 112 cm³/mol. The van der Waals surface area contributed by atoms with Gasteiger partial charge in [0.25, 0.3) is 5.91 Å². The molecule has 8 heteroatoms. The number of carbonyl (C=O) groups is 1. The highest BCUT2D eigenvalue weighted by molar-refractivity contribution is 5.95. The molecule has 2 aromatic rings. The zero-order valence-corrected chi connectivity index (χ0v) is 18.0. The van der Waals surface area contributed by atoms with Crippen molar-refractivity contribution in [2.75, 3.05) is 27.3 Å². The van der Waals surface area contributed by atoms with Gasteiger partial charge in [-0.2, -0.15) is 5.10 Å². The van der Waals surface area contributed by atoms with Crippen molar-refractivity contribution in [3.63, 3.8) is 0 Å². The molecule has 0 spiro atoms. The van der Waals surface area contributed by atoms with Crippen LogP contribution in [0.15, 0.2) is 23.0 Å². The van der Waals surface area contributed by atoms with E-state index in [1.165, 1.54) is 17.5 Å². The number of amides is 1. The number of rotatable bonds is 5. The molecule has 0 bridgehead atoms. The number of benzene rings is 1. The minimum absolute atomic E-state index is 0.0105. The van der Waals surface area contributed by atoms with Crippen LogP contribution in [0.25, 0.3) is 0 Å². The van der Waals surface area contributed by atoms with Crippen LogP contribution >= 0.6 is 0 Å². The number of methoxy groups -OCH3 is 2. The molecule has 1 amide bonds. The van der Waals surface area contributed by atoms with Crippen molar-refractivity contribution in [3.05, 3.63) is 40.1 Å². The van der Waals surface area contributed by atoms with Crippen LogP contribution in [0, 0.1) is 0 Å². The topological polar surface area (TPSA) is 78.6 Å². The van der Waals surface area contributed by atoms with Gasteiger partial charge in [-0.3, -0.25) is 9.36 Å². The molecule has 0 unspecified atom stereocenters. The third-order valence-electron chi connectivity index (χ3n) is 6.45. The van der Waals surface area contributed by atoms with Gasteiger partial charge in [0, 0.05) is 37.7 Å². The summed E-state index contributed by atoms with van der Waals surface area (Å²) in [6.45, 7) is 1.29. The van der Waals surface area contributed by atoms with E-state index in [2.05, 4.69) is 5.10 Å². The van der Waals surface area contributed by atoms with Gasteiger partial charge >= 0.3 is 5.69 Å². The van der Waals surface area contributed by atoms with E-state index in [1.54, 1.807) is 39.5 Å². The quantitative estimate of drug-likeness (QED) is 0.752. The Morgan fingerprint density at radius 2 is 1.70 bits per heavy atom. The first-order valence-corrected chi connectivity index (χ1v) is 10.7. The Bertz CT molecular complexity index is 966. The summed E-state index contributed by atoms with van der Waals surface area (Å²) in [5.74, 6) is 2.24. The third-order valence-corrected chi connectivity index (χ3v) is 6.45. The number of likely N-dealkylation sites (tertiary alicyclic amines) is 1. The van der Waals surface area contributed by atoms with Crippen molar-refractivity contribution in [2.24, 2.45) is 7.05 Å². The molecule has 0 radical (unpaired) electrons. The Kier molecular flexibility index (Phi) is 5.83. The van der Waals surface area contributed by atoms with Crippen molar-refractivity contribution in [2.45, 2.75) is 50.5 Å². The fraction of sp³-hybridized carbons (Fsp3) is 0.591. The second-order valence-electron chi connectivity index (χ2n) is 8.21. The maximum absolute atomic E-state index is 13.0. The van der Waals surface area contributed by atoms with E-state index in [0.717, 1.165) is 31.5 Å². The number of ether oxygens (including phenoxy) is 2. The lowest BCUT2D eigenvalue weighted by atomic mass is 9.95. The Labute approximate surface area is 176 Å². The normalized spacial score (nSPS) is 18.0. The Morgan fingerprint density at radius 3 is 2.33 bits per heavy atom. The molecule has 1 aliphatic heterocycles. The smallest absolute Gasteiger partial charge is 0.345 e. The zero-order chi connectivity index (χ0) is 21.3. The molecular weight excluding hydrogens is 384 g/mol. The second kappa shape index (κ2) is 8.53. The van der Waals surface area contributed by atoms with Gasteiger partial charge in [0.05, 0.1) is 14.2 Å².